The molecule has 0 atom stereocenters. The van der Waals surface area contributed by atoms with Crippen molar-refractivity contribution in [3.63, 3.8) is 0 Å². The van der Waals surface area contributed by atoms with Gasteiger partial charge in [-0.1, -0.05) is 24.3 Å². The van der Waals surface area contributed by atoms with E-state index in [0.717, 1.165) is 0 Å². The average Bonchev–Trinajstić information content (AvgIpc) is 2.16. The van der Waals surface area contributed by atoms with Crippen molar-refractivity contribution in [1.29, 1.82) is 0 Å². The molecule has 0 aromatic heterocycles. The Morgan fingerprint density at radius 2 is 1.71 bits per heavy atom. The maximum atomic E-state index is 5.54. The predicted molar refractivity (Wildman–Crippen MR) is 59.1 cm³/mol. The van der Waals surface area contributed by atoms with E-state index in [-0.39, 0.29) is 0 Å². The van der Waals surface area contributed by atoms with Crippen LogP contribution in [0.25, 0.3) is 0 Å². The molecule has 0 bridgehead atoms. The van der Waals surface area contributed by atoms with Crippen LogP contribution >= 0.6 is 0 Å². The summed E-state index contributed by atoms with van der Waals surface area (Å²) in [5.74, 6) is 0. The maximum absolute atomic E-state index is 5.54. The first kappa shape index (κ1) is 9.69. The molecule has 0 radical (unpaired) electrons. The summed E-state index contributed by atoms with van der Waals surface area (Å²) in [6.07, 6.45) is 2.55. The van der Waals surface area contributed by atoms with Crippen molar-refractivity contribution in [3.05, 3.63) is 35.4 Å². The number of hydrogen-bond donors (Lipinski definition) is 1. The van der Waals surface area contributed by atoms with Gasteiger partial charge in [-0.15, -0.1) is 0 Å². The van der Waals surface area contributed by atoms with Crippen molar-refractivity contribution in [2.75, 3.05) is 19.6 Å². The van der Waals surface area contributed by atoms with Gasteiger partial charge in [0.15, 0.2) is 0 Å². The Bertz CT molecular complexity index is 275. The van der Waals surface area contributed by atoms with Crippen LogP contribution in [0.15, 0.2) is 24.3 Å². The van der Waals surface area contributed by atoms with Gasteiger partial charge in [0, 0.05) is 13.1 Å². The van der Waals surface area contributed by atoms with E-state index in [1.165, 1.54) is 43.6 Å². The number of likely N-dealkylation sites (tertiary alicyclic amines) is 1. The highest BCUT2D eigenvalue weighted by Gasteiger charge is 2.12. The molecule has 2 rings (SSSR count). The highest BCUT2D eigenvalue weighted by atomic mass is 15.2. The van der Waals surface area contributed by atoms with Crippen molar-refractivity contribution >= 4 is 0 Å². The molecule has 1 saturated heterocycles. The second-order valence-corrected chi connectivity index (χ2v) is 3.97. The highest BCUT2D eigenvalue weighted by Crippen LogP contribution is 2.09. The fraction of sp³-hybridized carbons (Fsp3) is 0.500. The van der Waals surface area contributed by atoms with Gasteiger partial charge in [0.25, 0.3) is 0 Å². The molecule has 0 aliphatic carbocycles. The molecular formula is C12H18N2. The lowest BCUT2D eigenvalue weighted by atomic mass is 10.1. The molecule has 0 unspecified atom stereocenters. The molecule has 0 amide bonds. The third-order valence-electron chi connectivity index (χ3n) is 2.92. The summed E-state index contributed by atoms with van der Waals surface area (Å²) in [4.78, 5) is 2.50. The molecule has 0 saturated carbocycles. The van der Waals surface area contributed by atoms with E-state index in [4.69, 9.17) is 5.73 Å². The quantitative estimate of drug-likeness (QED) is 0.777. The standard InChI is InChI=1S/C12H18N2/c13-10-12-4-2-11(3-5-12)6-9-14-7-1-8-14/h2-5H,1,6-10,13H2. The first-order valence-electron chi connectivity index (χ1n) is 5.39. The fourth-order valence-electron chi connectivity index (χ4n) is 1.73. The van der Waals surface area contributed by atoms with Crippen LogP contribution in [0.2, 0.25) is 0 Å². The summed E-state index contributed by atoms with van der Waals surface area (Å²) in [6.45, 7) is 4.44. The third kappa shape index (κ3) is 2.34. The Labute approximate surface area is 85.7 Å². The number of nitrogens with two attached hydrogens (primary N) is 1. The minimum Gasteiger partial charge on any atom is -0.326 e. The lowest BCUT2D eigenvalue weighted by Gasteiger charge is -2.30. The molecule has 1 aromatic carbocycles. The Morgan fingerprint density at radius 3 is 2.21 bits per heavy atom. The van der Waals surface area contributed by atoms with Crippen LogP contribution in [0.4, 0.5) is 0 Å². The van der Waals surface area contributed by atoms with Crippen molar-refractivity contribution in [3.8, 4) is 0 Å². The number of nitrogens with zero attached hydrogens (tertiary/aromatic N) is 1. The topological polar surface area (TPSA) is 29.3 Å². The van der Waals surface area contributed by atoms with E-state index in [2.05, 4.69) is 29.2 Å². The van der Waals surface area contributed by atoms with Gasteiger partial charge in [-0.05, 0) is 37.1 Å². The van der Waals surface area contributed by atoms with E-state index >= 15 is 0 Å². The molecule has 2 nitrogen and oxygen atoms in total. The van der Waals surface area contributed by atoms with E-state index < -0.39 is 0 Å². The van der Waals surface area contributed by atoms with E-state index in [0.29, 0.717) is 6.54 Å². The predicted octanol–water partition coefficient (Wildman–Crippen LogP) is 1.39. The minimum absolute atomic E-state index is 0.645. The minimum atomic E-state index is 0.645. The summed E-state index contributed by atoms with van der Waals surface area (Å²) in [7, 11) is 0. The van der Waals surface area contributed by atoms with Crippen LogP contribution < -0.4 is 5.73 Å². The molecule has 2 heteroatoms. The zero-order valence-corrected chi connectivity index (χ0v) is 8.58. The van der Waals surface area contributed by atoms with Gasteiger partial charge in [0.1, 0.15) is 0 Å². The lowest BCUT2D eigenvalue weighted by molar-refractivity contribution is 0.184. The Kier molecular flexibility index (Phi) is 3.17. The fourth-order valence-corrected chi connectivity index (χ4v) is 1.73. The van der Waals surface area contributed by atoms with Crippen LogP contribution in [0.5, 0.6) is 0 Å². The zero-order chi connectivity index (χ0) is 9.80. The van der Waals surface area contributed by atoms with Gasteiger partial charge in [0.05, 0.1) is 0 Å². The summed E-state index contributed by atoms with van der Waals surface area (Å²) >= 11 is 0. The summed E-state index contributed by atoms with van der Waals surface area (Å²) in [5.41, 5.74) is 8.19. The van der Waals surface area contributed by atoms with Crippen LogP contribution in [-0.2, 0) is 13.0 Å². The third-order valence-corrected chi connectivity index (χ3v) is 2.92. The van der Waals surface area contributed by atoms with Gasteiger partial charge in [0.2, 0.25) is 0 Å². The molecule has 76 valence electrons. The molecule has 1 fully saturated rings. The Balaban J connectivity index is 1.83. The summed E-state index contributed by atoms with van der Waals surface area (Å²) in [5, 5.41) is 0. The van der Waals surface area contributed by atoms with Gasteiger partial charge < -0.3 is 10.6 Å². The van der Waals surface area contributed by atoms with Gasteiger partial charge in [-0.3, -0.25) is 0 Å². The van der Waals surface area contributed by atoms with Crippen LogP contribution in [-0.4, -0.2) is 24.5 Å². The SMILES string of the molecule is NCc1ccc(CCN2CCC2)cc1. The molecular weight excluding hydrogens is 172 g/mol. The highest BCUT2D eigenvalue weighted by molar-refractivity contribution is 5.22. The summed E-state index contributed by atoms with van der Waals surface area (Å²) < 4.78 is 0. The van der Waals surface area contributed by atoms with Crippen LogP contribution in [0.1, 0.15) is 17.5 Å². The van der Waals surface area contributed by atoms with Crippen molar-refractivity contribution in [2.24, 2.45) is 5.73 Å². The van der Waals surface area contributed by atoms with E-state index in [1.807, 2.05) is 0 Å². The second-order valence-electron chi connectivity index (χ2n) is 3.97. The normalized spacial score (nSPS) is 16.6. The Hall–Kier alpha value is -0.860. The van der Waals surface area contributed by atoms with Crippen molar-refractivity contribution < 1.29 is 0 Å². The monoisotopic (exact) mass is 190 g/mol. The number of hydrogen-bond acceptors (Lipinski definition) is 2. The maximum Gasteiger partial charge on any atom is 0.0178 e. The first-order valence-corrected chi connectivity index (χ1v) is 5.39. The number of rotatable bonds is 4. The average molecular weight is 190 g/mol. The van der Waals surface area contributed by atoms with Crippen LogP contribution in [0, 0.1) is 0 Å². The molecule has 14 heavy (non-hydrogen) atoms. The van der Waals surface area contributed by atoms with E-state index in [1.54, 1.807) is 0 Å². The summed E-state index contributed by atoms with van der Waals surface area (Å²) in [6, 6.07) is 8.65. The van der Waals surface area contributed by atoms with Gasteiger partial charge in [-0.25, -0.2) is 0 Å². The Morgan fingerprint density at radius 1 is 1.07 bits per heavy atom. The lowest BCUT2D eigenvalue weighted by Crippen LogP contribution is -2.38. The van der Waals surface area contributed by atoms with E-state index in [9.17, 15) is 0 Å². The zero-order valence-electron chi connectivity index (χ0n) is 8.58. The van der Waals surface area contributed by atoms with Gasteiger partial charge in [-0.2, -0.15) is 0 Å². The first-order chi connectivity index (χ1) is 6.88. The molecule has 1 aromatic rings. The number of benzene rings is 1. The molecule has 1 heterocycles. The second kappa shape index (κ2) is 4.58. The van der Waals surface area contributed by atoms with Crippen LogP contribution in [0.3, 0.4) is 0 Å². The molecule has 2 N–H and O–H groups in total. The van der Waals surface area contributed by atoms with Gasteiger partial charge >= 0.3 is 0 Å². The molecule has 0 spiro atoms. The molecule has 1 aliphatic heterocycles. The molecule has 1 aliphatic rings. The largest absolute Gasteiger partial charge is 0.326 e. The smallest absolute Gasteiger partial charge is 0.0178 e. The van der Waals surface area contributed by atoms with Crippen molar-refractivity contribution in [2.45, 2.75) is 19.4 Å². The van der Waals surface area contributed by atoms with Crippen molar-refractivity contribution in [1.82, 2.24) is 4.90 Å².